The topological polar surface area (TPSA) is 42.4 Å². The Morgan fingerprint density at radius 3 is 2.79 bits per heavy atom. The first-order valence-corrected chi connectivity index (χ1v) is 5.04. The molecule has 2 heterocycles. The summed E-state index contributed by atoms with van der Waals surface area (Å²) in [5.41, 5.74) is 0.777. The van der Waals surface area contributed by atoms with Gasteiger partial charge in [-0.2, -0.15) is 0 Å². The van der Waals surface area contributed by atoms with E-state index in [9.17, 15) is 5.11 Å². The van der Waals surface area contributed by atoms with Crippen LogP contribution >= 0.6 is 0 Å². The van der Waals surface area contributed by atoms with Crippen LogP contribution in [-0.4, -0.2) is 23.3 Å². The normalized spacial score (nSPS) is 20.6. The summed E-state index contributed by atoms with van der Waals surface area (Å²) in [6.07, 6.45) is 3.15. The number of hydrogen-bond acceptors (Lipinski definition) is 3. The first kappa shape index (κ1) is 9.62. The summed E-state index contributed by atoms with van der Waals surface area (Å²) >= 11 is 0. The third-order valence-electron chi connectivity index (χ3n) is 2.70. The molecular weight excluding hydrogens is 178 g/mol. The van der Waals surface area contributed by atoms with E-state index in [1.165, 1.54) is 0 Å². The molecule has 0 spiro atoms. The zero-order chi connectivity index (χ0) is 9.80. The molecule has 1 unspecified atom stereocenters. The highest BCUT2D eigenvalue weighted by molar-refractivity contribution is 5.07. The summed E-state index contributed by atoms with van der Waals surface area (Å²) < 4.78 is 5.25. The lowest BCUT2D eigenvalue weighted by Crippen LogP contribution is -2.22. The van der Waals surface area contributed by atoms with E-state index in [2.05, 4.69) is 4.98 Å². The minimum absolute atomic E-state index is 0.304. The lowest BCUT2D eigenvalue weighted by atomic mass is 9.92. The van der Waals surface area contributed by atoms with Gasteiger partial charge < -0.3 is 9.84 Å². The molecule has 3 heteroatoms. The van der Waals surface area contributed by atoms with Crippen LogP contribution in [0.1, 0.15) is 24.6 Å². The number of ether oxygens (including phenoxy) is 1. The van der Waals surface area contributed by atoms with Gasteiger partial charge in [0.25, 0.3) is 0 Å². The van der Waals surface area contributed by atoms with Crippen molar-refractivity contribution >= 4 is 0 Å². The van der Waals surface area contributed by atoms with Crippen LogP contribution in [0, 0.1) is 5.92 Å². The van der Waals surface area contributed by atoms with Crippen LogP contribution in [-0.2, 0) is 4.74 Å². The fourth-order valence-electron chi connectivity index (χ4n) is 1.82. The van der Waals surface area contributed by atoms with E-state index in [-0.39, 0.29) is 0 Å². The molecule has 76 valence electrons. The lowest BCUT2D eigenvalue weighted by Gasteiger charge is -2.26. The molecule has 3 nitrogen and oxygen atoms in total. The van der Waals surface area contributed by atoms with E-state index < -0.39 is 6.10 Å². The van der Waals surface area contributed by atoms with Gasteiger partial charge in [0.2, 0.25) is 0 Å². The van der Waals surface area contributed by atoms with Gasteiger partial charge in [-0.15, -0.1) is 0 Å². The van der Waals surface area contributed by atoms with Crippen molar-refractivity contribution in [2.45, 2.75) is 18.9 Å². The molecule has 1 saturated heterocycles. The van der Waals surface area contributed by atoms with Crippen molar-refractivity contribution in [2.24, 2.45) is 5.92 Å². The highest BCUT2D eigenvalue weighted by Gasteiger charge is 2.23. The van der Waals surface area contributed by atoms with Crippen LogP contribution in [0.4, 0.5) is 0 Å². The minimum atomic E-state index is -0.430. The van der Waals surface area contributed by atoms with E-state index in [0.29, 0.717) is 5.92 Å². The van der Waals surface area contributed by atoms with E-state index in [0.717, 1.165) is 31.7 Å². The maximum atomic E-state index is 10.0. The molecule has 0 amide bonds. The molecule has 0 radical (unpaired) electrons. The van der Waals surface area contributed by atoms with Crippen LogP contribution in [0.5, 0.6) is 0 Å². The maximum Gasteiger partial charge on any atom is 0.0989 e. The van der Waals surface area contributed by atoms with Crippen molar-refractivity contribution in [3.8, 4) is 0 Å². The van der Waals surface area contributed by atoms with Crippen molar-refractivity contribution in [3.63, 3.8) is 0 Å². The Hall–Kier alpha value is -0.930. The molecule has 0 saturated carbocycles. The second kappa shape index (κ2) is 4.53. The van der Waals surface area contributed by atoms with Gasteiger partial charge in [-0.25, -0.2) is 0 Å². The number of rotatable bonds is 2. The zero-order valence-electron chi connectivity index (χ0n) is 8.10. The monoisotopic (exact) mass is 193 g/mol. The molecule has 1 fully saturated rings. The first-order chi connectivity index (χ1) is 6.88. The Bertz CT molecular complexity index is 270. The van der Waals surface area contributed by atoms with E-state index >= 15 is 0 Å². The number of nitrogens with zero attached hydrogens (tertiary/aromatic N) is 1. The summed E-state index contributed by atoms with van der Waals surface area (Å²) in [6, 6.07) is 5.64. The average Bonchev–Trinajstić information content (AvgIpc) is 2.30. The fraction of sp³-hybridized carbons (Fsp3) is 0.545. The maximum absolute atomic E-state index is 10.0. The molecule has 0 aromatic carbocycles. The average molecular weight is 193 g/mol. The number of aliphatic hydroxyl groups excluding tert-OH is 1. The Kier molecular flexibility index (Phi) is 3.11. The SMILES string of the molecule is OC(c1ccccn1)C1CCOCC1. The number of aliphatic hydroxyl groups is 1. The zero-order valence-corrected chi connectivity index (χ0v) is 8.10. The molecule has 1 aromatic rings. The van der Waals surface area contributed by atoms with Gasteiger partial charge in [0.05, 0.1) is 11.8 Å². The predicted molar refractivity (Wildman–Crippen MR) is 52.7 cm³/mol. The molecular formula is C11H15NO2. The summed E-state index contributed by atoms with van der Waals surface area (Å²) in [5, 5.41) is 10.0. The predicted octanol–water partition coefficient (Wildman–Crippen LogP) is 1.54. The van der Waals surface area contributed by atoms with Crippen LogP contribution in [0.25, 0.3) is 0 Å². The molecule has 1 N–H and O–H groups in total. The molecule has 1 aromatic heterocycles. The highest BCUT2D eigenvalue weighted by Crippen LogP contribution is 2.28. The third-order valence-corrected chi connectivity index (χ3v) is 2.70. The summed E-state index contributed by atoms with van der Waals surface area (Å²) in [6.45, 7) is 1.52. The summed E-state index contributed by atoms with van der Waals surface area (Å²) in [7, 11) is 0. The summed E-state index contributed by atoms with van der Waals surface area (Å²) in [4.78, 5) is 4.16. The smallest absolute Gasteiger partial charge is 0.0989 e. The molecule has 1 aliphatic heterocycles. The second-order valence-corrected chi connectivity index (χ2v) is 3.65. The van der Waals surface area contributed by atoms with Crippen molar-refractivity contribution in [3.05, 3.63) is 30.1 Å². The van der Waals surface area contributed by atoms with Crippen LogP contribution < -0.4 is 0 Å². The van der Waals surface area contributed by atoms with Gasteiger partial charge in [0.15, 0.2) is 0 Å². The van der Waals surface area contributed by atoms with Crippen LogP contribution in [0.15, 0.2) is 24.4 Å². The van der Waals surface area contributed by atoms with Crippen LogP contribution in [0.3, 0.4) is 0 Å². The Labute approximate surface area is 83.7 Å². The largest absolute Gasteiger partial charge is 0.387 e. The number of pyridine rings is 1. The Morgan fingerprint density at radius 2 is 2.14 bits per heavy atom. The molecule has 0 aliphatic carbocycles. The number of hydrogen-bond donors (Lipinski definition) is 1. The molecule has 2 rings (SSSR count). The van der Waals surface area contributed by atoms with Gasteiger partial charge in [-0.1, -0.05) is 6.07 Å². The summed E-state index contributed by atoms with van der Waals surface area (Å²) in [5.74, 6) is 0.304. The van der Waals surface area contributed by atoms with E-state index in [1.54, 1.807) is 6.20 Å². The van der Waals surface area contributed by atoms with Gasteiger partial charge in [-0.3, -0.25) is 4.98 Å². The second-order valence-electron chi connectivity index (χ2n) is 3.65. The molecule has 1 aliphatic rings. The quantitative estimate of drug-likeness (QED) is 0.774. The van der Waals surface area contributed by atoms with Crippen molar-refractivity contribution in [1.29, 1.82) is 0 Å². The van der Waals surface area contributed by atoms with Crippen molar-refractivity contribution < 1.29 is 9.84 Å². The minimum Gasteiger partial charge on any atom is -0.387 e. The highest BCUT2D eigenvalue weighted by atomic mass is 16.5. The van der Waals surface area contributed by atoms with Crippen molar-refractivity contribution in [1.82, 2.24) is 4.98 Å². The standard InChI is InChI=1S/C11H15NO2/c13-11(9-4-7-14-8-5-9)10-3-1-2-6-12-10/h1-3,6,9,11,13H,4-5,7-8H2. The molecule has 0 bridgehead atoms. The lowest BCUT2D eigenvalue weighted by molar-refractivity contribution is 0.00558. The van der Waals surface area contributed by atoms with Crippen LogP contribution in [0.2, 0.25) is 0 Å². The third kappa shape index (κ3) is 2.11. The van der Waals surface area contributed by atoms with Gasteiger partial charge in [0.1, 0.15) is 0 Å². The fourth-order valence-corrected chi connectivity index (χ4v) is 1.82. The Balaban J connectivity index is 2.03. The van der Waals surface area contributed by atoms with E-state index in [4.69, 9.17) is 4.74 Å². The first-order valence-electron chi connectivity index (χ1n) is 5.04. The molecule has 14 heavy (non-hydrogen) atoms. The number of aromatic nitrogens is 1. The van der Waals surface area contributed by atoms with Gasteiger partial charge in [0, 0.05) is 19.4 Å². The molecule has 1 atom stereocenters. The van der Waals surface area contributed by atoms with Gasteiger partial charge >= 0.3 is 0 Å². The Morgan fingerprint density at radius 1 is 1.36 bits per heavy atom. The van der Waals surface area contributed by atoms with Crippen molar-refractivity contribution in [2.75, 3.05) is 13.2 Å². The van der Waals surface area contributed by atoms with Gasteiger partial charge in [-0.05, 0) is 30.9 Å². The van der Waals surface area contributed by atoms with E-state index in [1.807, 2.05) is 18.2 Å².